The molecule has 0 radical (unpaired) electrons. The molecule has 0 aliphatic rings. The molecule has 0 aliphatic carbocycles. The number of hydrogen-bond donors (Lipinski definition) is 2. The van der Waals surface area contributed by atoms with Crippen molar-refractivity contribution in [3.8, 4) is 0 Å². The van der Waals surface area contributed by atoms with E-state index in [-0.39, 0.29) is 5.91 Å². The van der Waals surface area contributed by atoms with Gasteiger partial charge in [0, 0.05) is 11.3 Å². The van der Waals surface area contributed by atoms with Gasteiger partial charge < -0.3 is 10.4 Å². The second-order valence-electron chi connectivity index (χ2n) is 3.19. The van der Waals surface area contributed by atoms with Gasteiger partial charge in [0.1, 0.15) is 6.04 Å². The number of aliphatic carboxylic acids is 1. The number of carbonyl (C=O) groups is 2. The van der Waals surface area contributed by atoms with Crippen LogP contribution in [-0.4, -0.2) is 35.0 Å². The molecule has 0 saturated heterocycles. The van der Waals surface area contributed by atoms with Gasteiger partial charge in [-0.2, -0.15) is 11.8 Å². The molecule has 0 fully saturated rings. The highest BCUT2D eigenvalue weighted by Crippen LogP contribution is 2.02. The summed E-state index contributed by atoms with van der Waals surface area (Å²) in [5.74, 6) is -1.02. The Morgan fingerprint density at radius 1 is 1.38 bits per heavy atom. The van der Waals surface area contributed by atoms with Crippen LogP contribution >= 0.6 is 11.8 Å². The number of carboxylic acid groups (broad SMARTS) is 1. The van der Waals surface area contributed by atoms with Gasteiger partial charge in [-0.3, -0.25) is 4.79 Å². The first kappa shape index (κ1) is 12.6. The van der Waals surface area contributed by atoms with Gasteiger partial charge in [0.2, 0.25) is 0 Å². The van der Waals surface area contributed by atoms with E-state index in [2.05, 4.69) is 5.32 Å². The van der Waals surface area contributed by atoms with Crippen LogP contribution in [0.4, 0.5) is 0 Å². The van der Waals surface area contributed by atoms with E-state index in [0.29, 0.717) is 11.3 Å². The molecule has 2 N–H and O–H groups in total. The quantitative estimate of drug-likeness (QED) is 0.811. The SMILES string of the molecule is CSC[C@@H](NC(=O)c1ccccc1)C(=O)O. The van der Waals surface area contributed by atoms with Crippen molar-refractivity contribution < 1.29 is 14.7 Å². The Morgan fingerprint density at radius 2 is 2.00 bits per heavy atom. The fourth-order valence-electron chi connectivity index (χ4n) is 1.17. The average Bonchev–Trinajstić information content (AvgIpc) is 2.29. The minimum Gasteiger partial charge on any atom is -0.480 e. The monoisotopic (exact) mass is 239 g/mol. The summed E-state index contributed by atoms with van der Waals surface area (Å²) in [4.78, 5) is 22.5. The maximum absolute atomic E-state index is 11.7. The van der Waals surface area contributed by atoms with Crippen molar-refractivity contribution in [3.63, 3.8) is 0 Å². The van der Waals surface area contributed by atoms with E-state index in [0.717, 1.165) is 0 Å². The van der Waals surface area contributed by atoms with Crippen molar-refractivity contribution in [2.45, 2.75) is 6.04 Å². The van der Waals surface area contributed by atoms with Gasteiger partial charge in [0.05, 0.1) is 0 Å². The van der Waals surface area contributed by atoms with Gasteiger partial charge in [-0.15, -0.1) is 0 Å². The fourth-order valence-corrected chi connectivity index (χ4v) is 1.73. The van der Waals surface area contributed by atoms with Crippen molar-refractivity contribution in [1.82, 2.24) is 5.32 Å². The standard InChI is InChI=1S/C11H13NO3S/c1-16-7-9(11(14)15)12-10(13)8-5-3-2-4-6-8/h2-6,9H,7H2,1H3,(H,12,13)(H,14,15)/t9-/m1/s1. The Balaban J connectivity index is 2.65. The number of thioether (sulfide) groups is 1. The first-order valence-corrected chi connectivity index (χ1v) is 6.12. The van der Waals surface area contributed by atoms with Crippen LogP contribution in [-0.2, 0) is 4.79 Å². The van der Waals surface area contributed by atoms with E-state index in [4.69, 9.17) is 5.11 Å². The molecule has 1 amide bonds. The summed E-state index contributed by atoms with van der Waals surface area (Å²) < 4.78 is 0. The second-order valence-corrected chi connectivity index (χ2v) is 4.10. The maximum atomic E-state index is 11.7. The predicted octanol–water partition coefficient (Wildman–Crippen LogP) is 1.23. The number of carbonyl (C=O) groups excluding carboxylic acids is 1. The van der Waals surface area contributed by atoms with E-state index in [1.54, 1.807) is 36.6 Å². The lowest BCUT2D eigenvalue weighted by Crippen LogP contribution is -2.42. The van der Waals surface area contributed by atoms with Gasteiger partial charge in [-0.05, 0) is 18.4 Å². The fraction of sp³-hybridized carbons (Fsp3) is 0.273. The lowest BCUT2D eigenvalue weighted by molar-refractivity contribution is -0.138. The Labute approximate surface area is 98.0 Å². The van der Waals surface area contributed by atoms with Crippen LogP contribution in [0.3, 0.4) is 0 Å². The zero-order valence-electron chi connectivity index (χ0n) is 8.84. The molecule has 86 valence electrons. The number of amides is 1. The summed E-state index contributed by atoms with van der Waals surface area (Å²) in [7, 11) is 0. The molecule has 0 spiro atoms. The summed E-state index contributed by atoms with van der Waals surface area (Å²) in [6, 6.07) is 7.72. The Kier molecular flexibility index (Phi) is 4.85. The van der Waals surface area contributed by atoms with E-state index < -0.39 is 12.0 Å². The number of benzene rings is 1. The molecule has 5 heteroatoms. The molecule has 0 saturated carbocycles. The van der Waals surface area contributed by atoms with Crippen LogP contribution < -0.4 is 5.32 Å². The van der Waals surface area contributed by atoms with Crippen LogP contribution in [0.15, 0.2) is 30.3 Å². The molecule has 0 aromatic heterocycles. The molecule has 16 heavy (non-hydrogen) atoms. The smallest absolute Gasteiger partial charge is 0.327 e. The maximum Gasteiger partial charge on any atom is 0.327 e. The molecule has 1 atom stereocenters. The highest BCUT2D eigenvalue weighted by molar-refractivity contribution is 7.98. The third kappa shape index (κ3) is 3.58. The van der Waals surface area contributed by atoms with Crippen LogP contribution in [0.25, 0.3) is 0 Å². The highest BCUT2D eigenvalue weighted by Gasteiger charge is 2.19. The summed E-state index contributed by atoms with van der Waals surface area (Å²) >= 11 is 1.38. The van der Waals surface area contributed by atoms with Crippen molar-refractivity contribution in [2.24, 2.45) is 0 Å². The van der Waals surface area contributed by atoms with E-state index in [9.17, 15) is 9.59 Å². The van der Waals surface area contributed by atoms with Crippen molar-refractivity contribution in [1.29, 1.82) is 0 Å². The summed E-state index contributed by atoms with van der Waals surface area (Å²) in [6.45, 7) is 0. The Bertz CT molecular complexity index is 367. The third-order valence-corrected chi connectivity index (χ3v) is 2.64. The number of nitrogens with one attached hydrogen (secondary N) is 1. The van der Waals surface area contributed by atoms with Gasteiger partial charge in [0.15, 0.2) is 0 Å². The molecule has 1 aromatic carbocycles. The van der Waals surface area contributed by atoms with E-state index >= 15 is 0 Å². The molecule has 0 bridgehead atoms. The largest absolute Gasteiger partial charge is 0.480 e. The molecule has 1 aromatic rings. The zero-order valence-corrected chi connectivity index (χ0v) is 9.66. The van der Waals surface area contributed by atoms with Crippen molar-refractivity contribution >= 4 is 23.6 Å². The van der Waals surface area contributed by atoms with Gasteiger partial charge in [-0.1, -0.05) is 18.2 Å². The normalized spacial score (nSPS) is 11.8. The topological polar surface area (TPSA) is 66.4 Å². The van der Waals surface area contributed by atoms with Crippen LogP contribution in [0.5, 0.6) is 0 Å². The molecule has 4 nitrogen and oxygen atoms in total. The minimum atomic E-state index is -1.02. The third-order valence-electron chi connectivity index (χ3n) is 1.97. The summed E-state index contributed by atoms with van der Waals surface area (Å²) in [6.07, 6.45) is 1.80. The predicted molar refractivity (Wildman–Crippen MR) is 63.7 cm³/mol. The number of rotatable bonds is 5. The second kappa shape index (κ2) is 6.17. The lowest BCUT2D eigenvalue weighted by Gasteiger charge is -2.12. The molecule has 1 rings (SSSR count). The minimum absolute atomic E-state index is 0.355. The van der Waals surface area contributed by atoms with Crippen molar-refractivity contribution in [2.75, 3.05) is 12.0 Å². The molecular weight excluding hydrogens is 226 g/mol. The Hall–Kier alpha value is -1.49. The van der Waals surface area contributed by atoms with Gasteiger partial charge in [0.25, 0.3) is 5.91 Å². The number of carboxylic acids is 1. The first-order valence-electron chi connectivity index (χ1n) is 4.73. The highest BCUT2D eigenvalue weighted by atomic mass is 32.2. The van der Waals surface area contributed by atoms with Gasteiger partial charge in [-0.25, -0.2) is 4.79 Å². The van der Waals surface area contributed by atoms with Crippen molar-refractivity contribution in [3.05, 3.63) is 35.9 Å². The molecule has 0 heterocycles. The van der Waals surface area contributed by atoms with E-state index in [1.807, 2.05) is 0 Å². The lowest BCUT2D eigenvalue weighted by atomic mass is 10.2. The van der Waals surface area contributed by atoms with Gasteiger partial charge >= 0.3 is 5.97 Å². The first-order chi connectivity index (χ1) is 7.65. The molecular formula is C11H13NO3S. The zero-order chi connectivity index (χ0) is 12.0. The number of hydrogen-bond acceptors (Lipinski definition) is 3. The van der Waals surface area contributed by atoms with Crippen LogP contribution in [0.2, 0.25) is 0 Å². The molecule has 0 aliphatic heterocycles. The molecule has 0 unspecified atom stereocenters. The Morgan fingerprint density at radius 3 is 2.50 bits per heavy atom. The van der Waals surface area contributed by atoms with E-state index in [1.165, 1.54) is 11.8 Å². The summed E-state index contributed by atoms with van der Waals surface area (Å²) in [5, 5.41) is 11.3. The van der Waals surface area contributed by atoms with Crippen LogP contribution in [0, 0.1) is 0 Å². The van der Waals surface area contributed by atoms with Crippen LogP contribution in [0.1, 0.15) is 10.4 Å². The average molecular weight is 239 g/mol. The summed E-state index contributed by atoms with van der Waals surface area (Å²) in [5.41, 5.74) is 0.467.